The van der Waals surface area contributed by atoms with Crippen LogP contribution in [0.4, 0.5) is 8.78 Å². The summed E-state index contributed by atoms with van der Waals surface area (Å²) in [7, 11) is 0. The Morgan fingerprint density at radius 2 is 2.00 bits per heavy atom. The number of halogens is 2. The number of aromatic nitrogens is 2. The van der Waals surface area contributed by atoms with Crippen molar-refractivity contribution in [1.82, 2.24) is 14.9 Å². The lowest BCUT2D eigenvalue weighted by Gasteiger charge is -2.17. The van der Waals surface area contributed by atoms with E-state index in [9.17, 15) is 8.78 Å². The number of imidazole rings is 1. The Hall–Kier alpha value is -1.75. The van der Waals surface area contributed by atoms with Crippen LogP contribution in [-0.4, -0.2) is 9.55 Å². The Morgan fingerprint density at radius 3 is 2.70 bits per heavy atom. The minimum atomic E-state index is -0.428. The predicted octanol–water partition coefficient (Wildman–Crippen LogP) is 3.59. The lowest BCUT2D eigenvalue weighted by Crippen LogP contribution is -2.21. The van der Waals surface area contributed by atoms with Gasteiger partial charge in [-0.05, 0) is 39.0 Å². The highest BCUT2D eigenvalue weighted by Crippen LogP contribution is 2.19. The maximum Gasteiger partial charge on any atom is 0.128 e. The molecule has 0 saturated carbocycles. The van der Waals surface area contributed by atoms with Gasteiger partial charge in [0.2, 0.25) is 0 Å². The number of nitrogens with zero attached hydrogens (tertiary/aromatic N) is 2. The first kappa shape index (κ1) is 14.7. The quantitative estimate of drug-likeness (QED) is 0.906. The van der Waals surface area contributed by atoms with Gasteiger partial charge in [0.05, 0.1) is 12.0 Å². The second kappa shape index (κ2) is 6.13. The van der Waals surface area contributed by atoms with Crippen molar-refractivity contribution in [3.63, 3.8) is 0 Å². The first-order chi connectivity index (χ1) is 9.49. The molecule has 0 bridgehead atoms. The fraction of sp³-hybridized carbons (Fsp3) is 0.400. The van der Waals surface area contributed by atoms with Gasteiger partial charge < -0.3 is 9.88 Å². The predicted molar refractivity (Wildman–Crippen MR) is 74.2 cm³/mol. The number of benzene rings is 1. The first-order valence-electron chi connectivity index (χ1n) is 6.68. The van der Waals surface area contributed by atoms with Gasteiger partial charge in [0, 0.05) is 30.4 Å². The van der Waals surface area contributed by atoms with Crippen LogP contribution in [0.25, 0.3) is 0 Å². The number of rotatable bonds is 5. The molecule has 1 aromatic heterocycles. The average molecular weight is 279 g/mol. The number of nitrogens with one attached hydrogen (secondary N) is 1. The molecule has 2 rings (SSSR count). The van der Waals surface area contributed by atoms with Crippen LogP contribution in [0.5, 0.6) is 0 Å². The Labute approximate surface area is 117 Å². The van der Waals surface area contributed by atoms with Crippen LogP contribution in [-0.2, 0) is 6.54 Å². The lowest BCUT2D eigenvalue weighted by molar-refractivity contribution is 0.495. The van der Waals surface area contributed by atoms with Gasteiger partial charge in [0.15, 0.2) is 0 Å². The molecule has 3 nitrogen and oxygen atoms in total. The van der Waals surface area contributed by atoms with E-state index in [1.807, 2.05) is 11.5 Å². The summed E-state index contributed by atoms with van der Waals surface area (Å²) in [6.07, 6.45) is 3.55. The van der Waals surface area contributed by atoms with E-state index in [0.717, 1.165) is 17.8 Å². The smallest absolute Gasteiger partial charge is 0.128 e. The van der Waals surface area contributed by atoms with Gasteiger partial charge in [-0.15, -0.1) is 0 Å². The molecule has 108 valence electrons. The highest BCUT2D eigenvalue weighted by molar-refractivity contribution is 5.22. The Bertz CT molecular complexity index is 578. The molecule has 1 heterocycles. The summed E-state index contributed by atoms with van der Waals surface area (Å²) in [6.45, 7) is 6.50. The zero-order chi connectivity index (χ0) is 14.7. The van der Waals surface area contributed by atoms with E-state index in [2.05, 4.69) is 24.1 Å². The van der Waals surface area contributed by atoms with Crippen molar-refractivity contribution in [3.8, 4) is 0 Å². The third-order valence-electron chi connectivity index (χ3n) is 3.32. The Balaban J connectivity index is 2.07. The van der Waals surface area contributed by atoms with Crippen LogP contribution < -0.4 is 5.32 Å². The van der Waals surface area contributed by atoms with E-state index in [-0.39, 0.29) is 6.04 Å². The SMILES string of the molecule is CC(NCc1cncn1C(C)C)c1cc(F)ccc1F. The van der Waals surface area contributed by atoms with Crippen LogP contribution in [0.2, 0.25) is 0 Å². The molecule has 0 radical (unpaired) electrons. The summed E-state index contributed by atoms with van der Waals surface area (Å²) >= 11 is 0. The zero-order valence-electron chi connectivity index (χ0n) is 11.9. The largest absolute Gasteiger partial charge is 0.331 e. The number of hydrogen-bond acceptors (Lipinski definition) is 2. The molecule has 2 aromatic rings. The maximum absolute atomic E-state index is 13.7. The molecule has 0 aliphatic rings. The fourth-order valence-corrected chi connectivity index (χ4v) is 2.15. The van der Waals surface area contributed by atoms with Crippen molar-refractivity contribution in [2.24, 2.45) is 0 Å². The molecule has 0 spiro atoms. The van der Waals surface area contributed by atoms with Gasteiger partial charge in [-0.25, -0.2) is 13.8 Å². The van der Waals surface area contributed by atoms with Crippen molar-refractivity contribution in [2.45, 2.75) is 39.4 Å². The van der Waals surface area contributed by atoms with Crippen LogP contribution in [0.1, 0.15) is 44.1 Å². The number of hydrogen-bond donors (Lipinski definition) is 1. The minimum absolute atomic E-state index is 0.277. The average Bonchev–Trinajstić information content (AvgIpc) is 2.87. The molecule has 0 saturated heterocycles. The summed E-state index contributed by atoms with van der Waals surface area (Å²) in [5.74, 6) is -0.828. The van der Waals surface area contributed by atoms with E-state index in [1.54, 1.807) is 12.5 Å². The van der Waals surface area contributed by atoms with Crippen LogP contribution >= 0.6 is 0 Å². The second-order valence-electron chi connectivity index (χ2n) is 5.15. The van der Waals surface area contributed by atoms with E-state index in [4.69, 9.17) is 0 Å². The van der Waals surface area contributed by atoms with E-state index in [1.165, 1.54) is 6.07 Å². The topological polar surface area (TPSA) is 29.9 Å². The molecular formula is C15H19F2N3. The Kier molecular flexibility index (Phi) is 4.49. The van der Waals surface area contributed by atoms with Crippen molar-refractivity contribution >= 4 is 0 Å². The summed E-state index contributed by atoms with van der Waals surface area (Å²) in [5.41, 5.74) is 1.35. The molecule has 0 fully saturated rings. The first-order valence-corrected chi connectivity index (χ1v) is 6.68. The van der Waals surface area contributed by atoms with Gasteiger partial charge in [-0.1, -0.05) is 0 Å². The standard InChI is InChI=1S/C15H19F2N3/c1-10(2)20-9-18-7-13(20)8-19-11(3)14-6-12(16)4-5-15(14)17/h4-7,9-11,19H,8H2,1-3H3. The molecule has 0 aliphatic carbocycles. The fourth-order valence-electron chi connectivity index (χ4n) is 2.15. The van der Waals surface area contributed by atoms with E-state index < -0.39 is 11.6 Å². The van der Waals surface area contributed by atoms with Crippen molar-refractivity contribution in [3.05, 3.63) is 53.6 Å². The van der Waals surface area contributed by atoms with Gasteiger partial charge in [-0.3, -0.25) is 0 Å². The van der Waals surface area contributed by atoms with Gasteiger partial charge >= 0.3 is 0 Å². The Morgan fingerprint density at radius 1 is 1.25 bits per heavy atom. The normalized spacial score (nSPS) is 12.9. The van der Waals surface area contributed by atoms with Crippen LogP contribution in [0, 0.1) is 11.6 Å². The summed E-state index contributed by atoms with van der Waals surface area (Å²) in [5, 5.41) is 3.20. The summed E-state index contributed by atoms with van der Waals surface area (Å²) in [6, 6.07) is 3.55. The minimum Gasteiger partial charge on any atom is -0.331 e. The van der Waals surface area contributed by atoms with Crippen LogP contribution in [0.3, 0.4) is 0 Å². The van der Waals surface area contributed by atoms with E-state index in [0.29, 0.717) is 18.2 Å². The molecule has 0 aliphatic heterocycles. The molecule has 1 unspecified atom stereocenters. The zero-order valence-corrected chi connectivity index (χ0v) is 11.9. The molecule has 5 heteroatoms. The molecule has 0 amide bonds. The molecule has 1 aromatic carbocycles. The maximum atomic E-state index is 13.7. The van der Waals surface area contributed by atoms with Gasteiger partial charge in [-0.2, -0.15) is 0 Å². The summed E-state index contributed by atoms with van der Waals surface area (Å²) < 4.78 is 28.9. The van der Waals surface area contributed by atoms with Gasteiger partial charge in [0.25, 0.3) is 0 Å². The van der Waals surface area contributed by atoms with Crippen molar-refractivity contribution in [2.75, 3.05) is 0 Å². The third kappa shape index (κ3) is 3.22. The van der Waals surface area contributed by atoms with Crippen molar-refractivity contribution < 1.29 is 8.78 Å². The molecule has 1 N–H and O–H groups in total. The molecular weight excluding hydrogens is 260 g/mol. The van der Waals surface area contributed by atoms with E-state index >= 15 is 0 Å². The summed E-state index contributed by atoms with van der Waals surface area (Å²) in [4.78, 5) is 4.11. The highest BCUT2D eigenvalue weighted by atomic mass is 19.1. The molecule has 20 heavy (non-hydrogen) atoms. The molecule has 1 atom stereocenters. The lowest BCUT2D eigenvalue weighted by atomic mass is 10.1. The van der Waals surface area contributed by atoms with Crippen molar-refractivity contribution in [1.29, 1.82) is 0 Å². The second-order valence-corrected chi connectivity index (χ2v) is 5.15. The highest BCUT2D eigenvalue weighted by Gasteiger charge is 2.13. The third-order valence-corrected chi connectivity index (χ3v) is 3.32. The van der Waals surface area contributed by atoms with Crippen LogP contribution in [0.15, 0.2) is 30.7 Å². The van der Waals surface area contributed by atoms with Gasteiger partial charge in [0.1, 0.15) is 11.6 Å². The monoisotopic (exact) mass is 279 g/mol.